The van der Waals surface area contributed by atoms with E-state index in [1.165, 1.54) is 22.8 Å². The maximum atomic E-state index is 14.2. The molecule has 0 N–H and O–H groups in total. The third-order valence-electron chi connectivity index (χ3n) is 6.36. The fourth-order valence-corrected chi connectivity index (χ4v) is 7.24. The van der Waals surface area contributed by atoms with Crippen LogP contribution in [0.4, 0.5) is 8.78 Å². The Morgan fingerprint density at radius 1 is 1.17 bits per heavy atom. The third kappa shape index (κ3) is 6.07. The molecule has 1 atom stereocenters. The molecular formula is C30H22BrF2IN2O4S. The van der Waals surface area contributed by atoms with Crippen molar-refractivity contribution in [1.29, 1.82) is 0 Å². The van der Waals surface area contributed by atoms with Crippen molar-refractivity contribution in [2.24, 2.45) is 4.99 Å². The Hall–Kier alpha value is -3.16. The summed E-state index contributed by atoms with van der Waals surface area (Å²) in [6.45, 7) is 3.53. The van der Waals surface area contributed by atoms with E-state index in [0.717, 1.165) is 19.4 Å². The quantitative estimate of drug-likeness (QED) is 0.171. The van der Waals surface area contributed by atoms with Crippen molar-refractivity contribution >= 4 is 61.9 Å². The Morgan fingerprint density at radius 2 is 1.90 bits per heavy atom. The number of aromatic nitrogens is 1. The van der Waals surface area contributed by atoms with Gasteiger partial charge in [-0.1, -0.05) is 57.6 Å². The van der Waals surface area contributed by atoms with Crippen LogP contribution in [0.2, 0.25) is 0 Å². The summed E-state index contributed by atoms with van der Waals surface area (Å²) in [5.74, 6) is -0.918. The molecule has 0 aliphatic carbocycles. The fraction of sp³-hybridized carbons (Fsp3) is 0.167. The van der Waals surface area contributed by atoms with Crippen LogP contribution in [0.1, 0.15) is 36.6 Å². The van der Waals surface area contributed by atoms with Gasteiger partial charge >= 0.3 is 5.97 Å². The van der Waals surface area contributed by atoms with Gasteiger partial charge in [-0.15, -0.1) is 0 Å². The number of thiazole rings is 1. The van der Waals surface area contributed by atoms with Crippen LogP contribution in [-0.2, 0) is 16.1 Å². The third-order valence-corrected chi connectivity index (χ3v) is 8.60. The molecule has 0 fully saturated rings. The topological polar surface area (TPSA) is 69.9 Å². The molecular weight excluding hydrogens is 729 g/mol. The van der Waals surface area contributed by atoms with Crippen molar-refractivity contribution in [3.8, 4) is 5.75 Å². The zero-order valence-electron chi connectivity index (χ0n) is 21.8. The number of allylic oxidation sites excluding steroid dienone is 1. The number of carbonyl (C=O) groups is 1. The zero-order chi connectivity index (χ0) is 29.3. The predicted octanol–water partition coefficient (Wildman–Crippen LogP) is 6.02. The van der Waals surface area contributed by atoms with Crippen LogP contribution in [0.5, 0.6) is 5.75 Å². The zero-order valence-corrected chi connectivity index (χ0v) is 26.3. The lowest BCUT2D eigenvalue weighted by atomic mass is 9.96. The van der Waals surface area contributed by atoms with E-state index in [4.69, 9.17) is 9.47 Å². The average Bonchev–Trinajstić information content (AvgIpc) is 3.23. The lowest BCUT2D eigenvalue weighted by Gasteiger charge is -2.24. The number of ether oxygens (including phenoxy) is 2. The van der Waals surface area contributed by atoms with Gasteiger partial charge in [0.05, 0.1) is 32.0 Å². The van der Waals surface area contributed by atoms with Crippen molar-refractivity contribution in [3.63, 3.8) is 0 Å². The van der Waals surface area contributed by atoms with Gasteiger partial charge < -0.3 is 9.47 Å². The summed E-state index contributed by atoms with van der Waals surface area (Å²) in [5, 5.41) is 0. The molecule has 0 unspecified atom stereocenters. The fourth-order valence-electron chi connectivity index (χ4n) is 4.50. The minimum Gasteiger partial charge on any atom is -0.487 e. The van der Waals surface area contributed by atoms with Gasteiger partial charge in [0.15, 0.2) is 4.80 Å². The first-order valence-corrected chi connectivity index (χ1v) is 15.2. The van der Waals surface area contributed by atoms with Crippen LogP contribution in [0.15, 0.2) is 86.2 Å². The van der Waals surface area contributed by atoms with Crippen molar-refractivity contribution in [2.75, 3.05) is 6.61 Å². The summed E-state index contributed by atoms with van der Waals surface area (Å²) in [6, 6.07) is 14.8. The van der Waals surface area contributed by atoms with E-state index in [1.807, 2.05) is 12.1 Å². The van der Waals surface area contributed by atoms with Gasteiger partial charge in [0.1, 0.15) is 24.0 Å². The molecule has 1 aliphatic rings. The highest BCUT2D eigenvalue weighted by Gasteiger charge is 2.33. The number of halogens is 4. The standard InChI is InChI=1S/C30H22BrF2IN2O4S/c1-3-39-29(38)25-16(2)35-30-36(26(25)17-8-10-21(32)11-9-17)28(37)24(41-30)13-19-12-20(31)14-23(34)27(19)40-15-18-6-4-5-7-22(18)33/h4-14,26H,3,15H2,1-2H3/b24-13-/t26-/m0/s1. The Morgan fingerprint density at radius 3 is 2.61 bits per heavy atom. The maximum absolute atomic E-state index is 14.2. The molecule has 4 aromatic rings. The lowest BCUT2D eigenvalue weighted by molar-refractivity contribution is -0.139. The van der Waals surface area contributed by atoms with Gasteiger partial charge in [-0.3, -0.25) is 9.36 Å². The van der Waals surface area contributed by atoms with E-state index in [-0.39, 0.29) is 30.2 Å². The van der Waals surface area contributed by atoms with Gasteiger partial charge in [0.25, 0.3) is 5.56 Å². The number of hydrogen-bond acceptors (Lipinski definition) is 6. The monoisotopic (exact) mass is 750 g/mol. The van der Waals surface area contributed by atoms with Crippen LogP contribution in [0.3, 0.4) is 0 Å². The first kappa shape index (κ1) is 29.3. The Labute approximate surface area is 259 Å². The lowest BCUT2D eigenvalue weighted by Crippen LogP contribution is -2.39. The summed E-state index contributed by atoms with van der Waals surface area (Å²) in [6.07, 6.45) is 1.69. The van der Waals surface area contributed by atoms with Crippen LogP contribution >= 0.6 is 49.9 Å². The summed E-state index contributed by atoms with van der Waals surface area (Å²) < 4.78 is 42.7. The van der Waals surface area contributed by atoms with E-state index < -0.39 is 17.8 Å². The predicted molar refractivity (Wildman–Crippen MR) is 164 cm³/mol. The summed E-state index contributed by atoms with van der Waals surface area (Å²) in [7, 11) is 0. The molecule has 41 heavy (non-hydrogen) atoms. The Kier molecular flexibility index (Phi) is 8.85. The van der Waals surface area contributed by atoms with Crippen molar-refractivity contribution in [1.82, 2.24) is 4.57 Å². The minimum absolute atomic E-state index is 0.000934. The van der Waals surface area contributed by atoms with E-state index in [0.29, 0.717) is 37.5 Å². The van der Waals surface area contributed by atoms with E-state index in [1.54, 1.807) is 50.3 Å². The van der Waals surface area contributed by atoms with Crippen molar-refractivity contribution in [2.45, 2.75) is 26.5 Å². The summed E-state index contributed by atoms with van der Waals surface area (Å²) in [4.78, 5) is 31.9. The number of hydrogen-bond donors (Lipinski definition) is 0. The van der Waals surface area contributed by atoms with Gasteiger partial charge in [-0.25, -0.2) is 18.6 Å². The molecule has 6 nitrogen and oxygen atoms in total. The highest BCUT2D eigenvalue weighted by Crippen LogP contribution is 2.33. The Bertz CT molecular complexity index is 1870. The normalized spacial score (nSPS) is 15.0. The highest BCUT2D eigenvalue weighted by atomic mass is 127. The van der Waals surface area contributed by atoms with Crippen LogP contribution in [0.25, 0.3) is 6.08 Å². The van der Waals surface area contributed by atoms with Gasteiger partial charge in [-0.05, 0) is 78.4 Å². The molecule has 0 saturated heterocycles. The molecule has 210 valence electrons. The van der Waals surface area contributed by atoms with Gasteiger partial charge in [0.2, 0.25) is 0 Å². The second-order valence-electron chi connectivity index (χ2n) is 9.04. The molecule has 11 heteroatoms. The van der Waals surface area contributed by atoms with Crippen molar-refractivity contribution in [3.05, 3.63) is 128 Å². The number of rotatable bonds is 7. The molecule has 0 bridgehead atoms. The molecule has 0 amide bonds. The van der Waals surface area contributed by atoms with Crippen LogP contribution in [0, 0.1) is 15.2 Å². The molecule has 5 rings (SSSR count). The average molecular weight is 751 g/mol. The second kappa shape index (κ2) is 12.4. The number of benzene rings is 3. The number of esters is 1. The van der Waals surface area contributed by atoms with Gasteiger partial charge in [-0.2, -0.15) is 0 Å². The summed E-state index contributed by atoms with van der Waals surface area (Å²) >= 11 is 6.80. The van der Waals surface area contributed by atoms with E-state index in [9.17, 15) is 18.4 Å². The number of nitrogens with zero attached hydrogens (tertiary/aromatic N) is 2. The number of carbonyl (C=O) groups excluding carboxylic acids is 1. The molecule has 3 aromatic carbocycles. The highest BCUT2D eigenvalue weighted by molar-refractivity contribution is 14.1. The Balaban J connectivity index is 1.65. The maximum Gasteiger partial charge on any atom is 0.338 e. The SMILES string of the molecule is CCOC(=O)C1=C(C)N=c2s/c(=C\c3cc(Br)cc(I)c3OCc3ccccc3F)c(=O)n2[C@H]1c1ccc(F)cc1. The largest absolute Gasteiger partial charge is 0.487 e. The molecule has 0 spiro atoms. The molecule has 1 aromatic heterocycles. The number of fused-ring (bicyclic) bond motifs is 1. The molecule has 1 aliphatic heterocycles. The first-order chi connectivity index (χ1) is 19.7. The minimum atomic E-state index is -0.854. The van der Waals surface area contributed by atoms with Crippen molar-refractivity contribution < 1.29 is 23.0 Å². The molecule has 2 heterocycles. The molecule has 0 radical (unpaired) electrons. The molecule has 0 saturated carbocycles. The van der Waals surface area contributed by atoms with Crippen LogP contribution < -0.4 is 19.6 Å². The first-order valence-electron chi connectivity index (χ1n) is 12.5. The second-order valence-corrected chi connectivity index (χ2v) is 12.1. The smallest absolute Gasteiger partial charge is 0.338 e. The summed E-state index contributed by atoms with van der Waals surface area (Å²) in [5.41, 5.74) is 1.79. The van der Waals surface area contributed by atoms with E-state index in [2.05, 4.69) is 43.5 Å². The van der Waals surface area contributed by atoms with E-state index >= 15 is 0 Å². The van der Waals surface area contributed by atoms with Gasteiger partial charge in [0, 0.05) is 15.6 Å². The van der Waals surface area contributed by atoms with Crippen LogP contribution in [-0.4, -0.2) is 17.1 Å².